The molecule has 146 valence electrons. The van der Waals surface area contributed by atoms with Crippen molar-refractivity contribution in [3.8, 4) is 0 Å². The molecule has 0 aliphatic rings. The molecule has 0 radical (unpaired) electrons. The molecule has 10 heteroatoms. The molecule has 0 fully saturated rings. The van der Waals surface area contributed by atoms with Crippen molar-refractivity contribution in [1.29, 1.82) is 0 Å². The predicted molar refractivity (Wildman–Crippen MR) is 109 cm³/mol. The number of nitrogens with one attached hydrogen (secondary N) is 2. The van der Waals surface area contributed by atoms with Crippen LogP contribution in [0, 0.1) is 0 Å². The van der Waals surface area contributed by atoms with E-state index in [0.29, 0.717) is 45.4 Å². The van der Waals surface area contributed by atoms with Gasteiger partial charge in [0.15, 0.2) is 5.96 Å². The van der Waals surface area contributed by atoms with Gasteiger partial charge in [-0.15, -0.1) is 24.0 Å². The van der Waals surface area contributed by atoms with Crippen molar-refractivity contribution < 1.29 is 17.9 Å². The lowest BCUT2D eigenvalue weighted by Crippen LogP contribution is -2.40. The van der Waals surface area contributed by atoms with Crippen molar-refractivity contribution in [3.05, 3.63) is 0 Å². The molecule has 0 unspecified atom stereocenters. The standard InChI is InChI=1S/C14H32N4O4S.HI/c1-5-18(23(4,19)20)10-6-8-16-14(15-2)17-9-7-11-22-13-12-21-3;/h5-13H2,1-4H3,(H2,15,16,17);1H. The van der Waals surface area contributed by atoms with E-state index in [9.17, 15) is 8.42 Å². The summed E-state index contributed by atoms with van der Waals surface area (Å²) in [4.78, 5) is 4.12. The van der Waals surface area contributed by atoms with Gasteiger partial charge in [-0.2, -0.15) is 0 Å². The van der Waals surface area contributed by atoms with Gasteiger partial charge in [-0.25, -0.2) is 12.7 Å². The molecule has 0 saturated carbocycles. The highest BCUT2D eigenvalue weighted by molar-refractivity contribution is 14.0. The van der Waals surface area contributed by atoms with Crippen LogP contribution in [-0.4, -0.2) is 85.1 Å². The Morgan fingerprint density at radius 3 is 2.25 bits per heavy atom. The Labute approximate surface area is 163 Å². The van der Waals surface area contributed by atoms with E-state index >= 15 is 0 Å². The maximum absolute atomic E-state index is 11.5. The van der Waals surface area contributed by atoms with Gasteiger partial charge in [0, 0.05) is 46.9 Å². The SMILES string of the molecule is CCN(CCCNC(=NC)NCCCOCCOC)S(C)(=O)=O.I. The summed E-state index contributed by atoms with van der Waals surface area (Å²) in [5.74, 6) is 0.712. The summed E-state index contributed by atoms with van der Waals surface area (Å²) in [5.41, 5.74) is 0. The number of methoxy groups -OCH3 is 1. The number of rotatable bonds is 13. The zero-order chi connectivity index (χ0) is 17.6. The van der Waals surface area contributed by atoms with Crippen LogP contribution in [0.25, 0.3) is 0 Å². The third-order valence-electron chi connectivity index (χ3n) is 3.11. The first-order valence-electron chi connectivity index (χ1n) is 7.92. The average molecular weight is 480 g/mol. The van der Waals surface area contributed by atoms with Crippen LogP contribution >= 0.6 is 24.0 Å². The van der Waals surface area contributed by atoms with Crippen LogP contribution in [0.4, 0.5) is 0 Å². The third kappa shape index (κ3) is 14.2. The number of hydrogen-bond donors (Lipinski definition) is 2. The van der Waals surface area contributed by atoms with Gasteiger partial charge >= 0.3 is 0 Å². The summed E-state index contributed by atoms with van der Waals surface area (Å²) in [5, 5.41) is 6.36. The van der Waals surface area contributed by atoms with Crippen LogP contribution in [0.2, 0.25) is 0 Å². The Hall–Kier alpha value is -0.170. The molecule has 0 aromatic heterocycles. The van der Waals surface area contributed by atoms with Gasteiger partial charge in [0.2, 0.25) is 10.0 Å². The Morgan fingerprint density at radius 1 is 1.12 bits per heavy atom. The highest BCUT2D eigenvalue weighted by Gasteiger charge is 2.13. The number of halogens is 1. The molecule has 0 aromatic carbocycles. The molecule has 0 aliphatic heterocycles. The van der Waals surface area contributed by atoms with E-state index in [4.69, 9.17) is 9.47 Å². The molecule has 8 nitrogen and oxygen atoms in total. The fourth-order valence-electron chi connectivity index (χ4n) is 1.87. The first kappa shape index (κ1) is 26.1. The van der Waals surface area contributed by atoms with Gasteiger partial charge < -0.3 is 20.1 Å². The van der Waals surface area contributed by atoms with Gasteiger partial charge in [0.05, 0.1) is 19.5 Å². The maximum atomic E-state index is 11.5. The molecule has 0 saturated heterocycles. The van der Waals surface area contributed by atoms with Crippen LogP contribution in [0.1, 0.15) is 19.8 Å². The summed E-state index contributed by atoms with van der Waals surface area (Å²) in [7, 11) is 0.245. The van der Waals surface area contributed by atoms with Gasteiger partial charge in [0.25, 0.3) is 0 Å². The molecule has 0 rings (SSSR count). The Morgan fingerprint density at radius 2 is 1.75 bits per heavy atom. The van der Waals surface area contributed by atoms with Crippen LogP contribution in [0.15, 0.2) is 4.99 Å². The molecule has 0 heterocycles. The Kier molecular flexibility index (Phi) is 17.7. The van der Waals surface area contributed by atoms with E-state index in [-0.39, 0.29) is 24.0 Å². The van der Waals surface area contributed by atoms with E-state index in [2.05, 4.69) is 15.6 Å². The number of hydrogen-bond acceptors (Lipinski definition) is 5. The second-order valence-corrected chi connectivity index (χ2v) is 6.98. The van der Waals surface area contributed by atoms with Crippen LogP contribution in [-0.2, 0) is 19.5 Å². The number of nitrogens with zero attached hydrogens (tertiary/aromatic N) is 2. The lowest BCUT2D eigenvalue weighted by atomic mass is 10.4. The van der Waals surface area contributed by atoms with Crippen molar-refractivity contribution in [3.63, 3.8) is 0 Å². The second kappa shape index (κ2) is 16.3. The highest BCUT2D eigenvalue weighted by atomic mass is 127. The molecule has 0 amide bonds. The van der Waals surface area contributed by atoms with Crippen LogP contribution in [0.3, 0.4) is 0 Å². The molecule has 0 atom stereocenters. The van der Waals surface area contributed by atoms with Gasteiger partial charge in [-0.1, -0.05) is 6.92 Å². The smallest absolute Gasteiger partial charge is 0.211 e. The van der Waals surface area contributed by atoms with Crippen molar-refractivity contribution in [2.75, 3.05) is 66.4 Å². The van der Waals surface area contributed by atoms with Gasteiger partial charge in [-0.3, -0.25) is 4.99 Å². The lowest BCUT2D eigenvalue weighted by molar-refractivity contribution is 0.0698. The van der Waals surface area contributed by atoms with E-state index in [1.54, 1.807) is 14.2 Å². The summed E-state index contributed by atoms with van der Waals surface area (Å²) in [6.07, 6.45) is 2.84. The summed E-state index contributed by atoms with van der Waals surface area (Å²) in [6, 6.07) is 0. The summed E-state index contributed by atoms with van der Waals surface area (Å²) >= 11 is 0. The number of guanidine groups is 1. The minimum Gasteiger partial charge on any atom is -0.382 e. The minimum absolute atomic E-state index is 0. The minimum atomic E-state index is -3.11. The lowest BCUT2D eigenvalue weighted by Gasteiger charge is -2.18. The van der Waals surface area contributed by atoms with Crippen molar-refractivity contribution >= 4 is 40.0 Å². The third-order valence-corrected chi connectivity index (χ3v) is 4.49. The van der Waals surface area contributed by atoms with Gasteiger partial charge in [-0.05, 0) is 12.8 Å². The van der Waals surface area contributed by atoms with E-state index < -0.39 is 10.0 Å². The van der Waals surface area contributed by atoms with Gasteiger partial charge in [0.1, 0.15) is 0 Å². The Bertz CT molecular complexity index is 421. The zero-order valence-electron chi connectivity index (χ0n) is 15.2. The first-order chi connectivity index (χ1) is 11.0. The predicted octanol–water partition coefficient (Wildman–Crippen LogP) is 0.494. The number of aliphatic imine (C=N–C) groups is 1. The van der Waals surface area contributed by atoms with E-state index in [1.807, 2.05) is 6.92 Å². The van der Waals surface area contributed by atoms with Crippen LogP contribution < -0.4 is 10.6 Å². The topological polar surface area (TPSA) is 92.3 Å². The maximum Gasteiger partial charge on any atom is 0.211 e. The molecule has 2 N–H and O–H groups in total. The number of ether oxygens (including phenoxy) is 2. The molecule has 0 aromatic rings. The molecule has 0 bridgehead atoms. The van der Waals surface area contributed by atoms with Crippen LogP contribution in [0.5, 0.6) is 0 Å². The van der Waals surface area contributed by atoms with Crippen molar-refractivity contribution in [2.45, 2.75) is 19.8 Å². The largest absolute Gasteiger partial charge is 0.382 e. The Balaban J connectivity index is 0. The molecule has 24 heavy (non-hydrogen) atoms. The highest BCUT2D eigenvalue weighted by Crippen LogP contribution is 1.98. The fraction of sp³-hybridized carbons (Fsp3) is 0.929. The van der Waals surface area contributed by atoms with Crippen molar-refractivity contribution in [2.24, 2.45) is 4.99 Å². The molecular weight excluding hydrogens is 447 g/mol. The number of sulfonamides is 1. The molecule has 0 spiro atoms. The normalized spacial score (nSPS) is 12.1. The fourth-order valence-corrected chi connectivity index (χ4v) is 2.80. The van der Waals surface area contributed by atoms with Crippen molar-refractivity contribution in [1.82, 2.24) is 14.9 Å². The molecule has 0 aliphatic carbocycles. The monoisotopic (exact) mass is 480 g/mol. The second-order valence-electron chi connectivity index (χ2n) is 4.99. The summed E-state index contributed by atoms with van der Waals surface area (Å²) in [6.45, 7) is 6.15. The van der Waals surface area contributed by atoms with E-state index in [0.717, 1.165) is 19.4 Å². The van der Waals surface area contributed by atoms with E-state index in [1.165, 1.54) is 10.6 Å². The average Bonchev–Trinajstić information content (AvgIpc) is 2.50. The quantitative estimate of drug-likeness (QED) is 0.173. The summed E-state index contributed by atoms with van der Waals surface area (Å²) < 4.78 is 34.7. The first-order valence-corrected chi connectivity index (χ1v) is 9.76. The molecular formula is C14H33IN4O4S. The zero-order valence-corrected chi connectivity index (χ0v) is 18.4.